The summed E-state index contributed by atoms with van der Waals surface area (Å²) in [7, 11) is 0. The Bertz CT molecular complexity index is 2070. The molecule has 4 aromatic heterocycles. The Labute approximate surface area is 359 Å². The van der Waals surface area contributed by atoms with Gasteiger partial charge in [0.25, 0.3) is 11.8 Å². The molecule has 2 atom stereocenters. The van der Waals surface area contributed by atoms with E-state index in [0.29, 0.717) is 47.7 Å². The molecule has 2 unspecified atom stereocenters. The number of anilines is 4. The second kappa shape index (κ2) is 24.1. The van der Waals surface area contributed by atoms with E-state index in [0.717, 1.165) is 84.3 Å². The molecule has 0 spiro atoms. The van der Waals surface area contributed by atoms with Crippen molar-refractivity contribution in [2.45, 2.75) is 71.0 Å². The highest BCUT2D eigenvalue weighted by Crippen LogP contribution is 2.19. The number of nitrogens with one attached hydrogen (secondary N) is 7. The first-order chi connectivity index (χ1) is 30.0. The van der Waals surface area contributed by atoms with Gasteiger partial charge >= 0.3 is 0 Å². The zero-order chi connectivity index (χ0) is 42.5. The van der Waals surface area contributed by atoms with Crippen LogP contribution in [0.5, 0.6) is 0 Å². The summed E-state index contributed by atoms with van der Waals surface area (Å²) >= 11 is 0. The van der Waals surface area contributed by atoms with Crippen LogP contribution in [0.2, 0.25) is 0 Å². The number of benzene rings is 1. The Hall–Kier alpha value is -6.26. The first-order valence-electron chi connectivity index (χ1n) is 21.5. The third-order valence-electron chi connectivity index (χ3n) is 10.3. The van der Waals surface area contributed by atoms with Crippen LogP contribution in [0.4, 0.5) is 23.5 Å². The molecule has 2 amide bonds. The number of likely N-dealkylation sites (tertiary alicyclic amines) is 1. The third-order valence-corrected chi connectivity index (χ3v) is 10.3. The van der Waals surface area contributed by atoms with Crippen molar-refractivity contribution < 1.29 is 9.59 Å². The van der Waals surface area contributed by atoms with E-state index in [-0.39, 0.29) is 23.9 Å². The first kappa shape index (κ1) is 44.3. The van der Waals surface area contributed by atoms with Crippen molar-refractivity contribution in [2.24, 2.45) is 0 Å². The molecule has 0 bridgehead atoms. The Balaban J connectivity index is 0.000000210. The van der Waals surface area contributed by atoms with E-state index in [2.05, 4.69) is 110 Å². The summed E-state index contributed by atoms with van der Waals surface area (Å²) in [6.45, 7) is 11.5. The summed E-state index contributed by atoms with van der Waals surface area (Å²) in [5, 5.41) is 22.5. The average Bonchev–Trinajstić information content (AvgIpc) is 3.98. The van der Waals surface area contributed by atoms with Crippen molar-refractivity contribution in [1.82, 2.24) is 50.8 Å². The van der Waals surface area contributed by atoms with Crippen molar-refractivity contribution in [2.75, 3.05) is 73.6 Å². The van der Waals surface area contributed by atoms with Gasteiger partial charge in [-0.3, -0.25) is 24.5 Å². The minimum absolute atomic E-state index is 0.119. The van der Waals surface area contributed by atoms with Crippen molar-refractivity contribution >= 4 is 35.3 Å². The van der Waals surface area contributed by atoms with Crippen LogP contribution in [0.25, 0.3) is 0 Å². The van der Waals surface area contributed by atoms with Crippen molar-refractivity contribution in [3.63, 3.8) is 0 Å². The highest BCUT2D eigenvalue weighted by atomic mass is 16.2. The molecule has 7 N–H and O–H groups in total. The normalized spacial score (nSPS) is 15.9. The molecule has 2 fully saturated rings. The van der Waals surface area contributed by atoms with Crippen LogP contribution < -0.4 is 37.2 Å². The largest absolute Gasteiger partial charge is 0.369 e. The Kier molecular flexibility index (Phi) is 17.5. The molecule has 5 aromatic rings. The number of rotatable bonds is 20. The molecule has 6 heterocycles. The lowest BCUT2D eigenvalue weighted by Crippen LogP contribution is -2.37. The second-order valence-corrected chi connectivity index (χ2v) is 15.2. The van der Waals surface area contributed by atoms with Gasteiger partial charge in [0.2, 0.25) is 11.9 Å². The summed E-state index contributed by atoms with van der Waals surface area (Å²) in [4.78, 5) is 54.0. The van der Waals surface area contributed by atoms with Crippen LogP contribution in [0.15, 0.2) is 91.8 Å². The van der Waals surface area contributed by atoms with E-state index in [1.54, 1.807) is 37.2 Å². The summed E-state index contributed by atoms with van der Waals surface area (Å²) in [6.07, 6.45) is 15.8. The molecule has 0 radical (unpaired) electrons. The number of hydrogen-bond acceptors (Lipinski definition) is 14. The minimum Gasteiger partial charge on any atom is -0.369 e. The highest BCUT2D eigenvalue weighted by Gasteiger charge is 2.26. The highest BCUT2D eigenvalue weighted by molar-refractivity contribution is 5.99. The Morgan fingerprint density at radius 1 is 0.656 bits per heavy atom. The van der Waals surface area contributed by atoms with Crippen molar-refractivity contribution in [3.05, 3.63) is 120 Å². The van der Waals surface area contributed by atoms with Crippen LogP contribution >= 0.6 is 0 Å². The van der Waals surface area contributed by atoms with Gasteiger partial charge in [-0.1, -0.05) is 44.2 Å². The van der Waals surface area contributed by atoms with E-state index < -0.39 is 0 Å². The predicted octanol–water partition coefficient (Wildman–Crippen LogP) is 4.79. The lowest BCUT2D eigenvalue weighted by Gasteiger charge is -2.18. The number of aromatic nitrogens is 6. The van der Waals surface area contributed by atoms with Gasteiger partial charge in [0.15, 0.2) is 0 Å². The van der Waals surface area contributed by atoms with Gasteiger partial charge in [0.1, 0.15) is 22.8 Å². The molecular formula is C45H60N14O2. The lowest BCUT2D eigenvalue weighted by atomic mass is 10.2. The van der Waals surface area contributed by atoms with E-state index in [1.807, 2.05) is 30.3 Å². The molecule has 61 heavy (non-hydrogen) atoms. The molecule has 16 heteroatoms. The zero-order valence-electron chi connectivity index (χ0n) is 35.4. The maximum Gasteiger partial charge on any atom is 0.256 e. The molecule has 322 valence electrons. The predicted molar refractivity (Wildman–Crippen MR) is 241 cm³/mol. The van der Waals surface area contributed by atoms with E-state index in [9.17, 15) is 9.59 Å². The third kappa shape index (κ3) is 14.5. The van der Waals surface area contributed by atoms with Crippen LogP contribution in [0.1, 0.15) is 76.9 Å². The smallest absolute Gasteiger partial charge is 0.256 e. The fraction of sp³-hybridized carbons (Fsp3) is 0.422. The number of nitrogens with zero attached hydrogens (tertiary/aromatic N) is 7. The molecule has 2 saturated heterocycles. The molecule has 7 rings (SSSR count). The summed E-state index contributed by atoms with van der Waals surface area (Å²) in [5.41, 5.74) is 4.65. The van der Waals surface area contributed by atoms with E-state index in [4.69, 9.17) is 0 Å². The van der Waals surface area contributed by atoms with Gasteiger partial charge in [0.05, 0.1) is 0 Å². The maximum atomic E-state index is 13.1. The number of hydrogen-bond donors (Lipinski definition) is 7. The van der Waals surface area contributed by atoms with Crippen LogP contribution in [-0.4, -0.2) is 111 Å². The van der Waals surface area contributed by atoms with Crippen molar-refractivity contribution in [1.29, 1.82) is 0 Å². The van der Waals surface area contributed by atoms with Crippen molar-refractivity contribution in [3.8, 4) is 0 Å². The van der Waals surface area contributed by atoms with Gasteiger partial charge in [-0.05, 0) is 86.0 Å². The molecule has 0 aliphatic carbocycles. The van der Waals surface area contributed by atoms with Gasteiger partial charge in [-0.2, -0.15) is 9.97 Å². The molecular weight excluding hydrogens is 769 g/mol. The van der Waals surface area contributed by atoms with E-state index in [1.165, 1.54) is 16.7 Å². The summed E-state index contributed by atoms with van der Waals surface area (Å²) in [5.74, 6) is 1.90. The van der Waals surface area contributed by atoms with Gasteiger partial charge < -0.3 is 37.2 Å². The summed E-state index contributed by atoms with van der Waals surface area (Å²) in [6, 6.07) is 18.7. The number of carbonyl (C=O) groups excluding carboxylic acids is 2. The maximum absolute atomic E-state index is 13.1. The second-order valence-electron chi connectivity index (χ2n) is 15.2. The molecule has 0 saturated carbocycles. The van der Waals surface area contributed by atoms with Crippen LogP contribution in [-0.2, 0) is 19.4 Å². The topological polar surface area (TPSA) is 199 Å². The SMILES string of the molecule is CCCNc1nc(NCCc2ccncc2)ncc1C(=O)NC1CCN(Cc2ccccc2)C1.CCCNc1nc(NCCc2ccncc2)ncc1C(=O)NC1CCNC1. The van der Waals surface area contributed by atoms with Gasteiger partial charge in [0, 0.05) is 102 Å². The van der Waals surface area contributed by atoms with Gasteiger partial charge in [-0.25, -0.2) is 9.97 Å². The number of carbonyl (C=O) groups is 2. The fourth-order valence-corrected chi connectivity index (χ4v) is 7.00. The Morgan fingerprint density at radius 3 is 1.70 bits per heavy atom. The molecule has 2 aliphatic heterocycles. The average molecular weight is 829 g/mol. The lowest BCUT2D eigenvalue weighted by molar-refractivity contribution is 0.0930. The first-order valence-corrected chi connectivity index (χ1v) is 21.5. The van der Waals surface area contributed by atoms with Gasteiger partial charge in [-0.15, -0.1) is 0 Å². The standard InChI is InChI=1S/C26H33N7O.C19H27N7O/c1-2-12-28-24-23(17-30-26(32-24)29-15-10-20-8-13-27-14-9-20)25(34)31-22-11-16-33(19-22)18-21-6-4-3-5-7-21;1-2-7-22-17-16(18(27)25-15-6-10-21-12-15)13-24-19(26-17)23-11-5-14-3-8-20-9-4-14/h3-9,13-14,17,22H,2,10-12,15-16,18-19H2,1H3,(H,31,34)(H2,28,29,30,32);3-4,8-9,13,15,21H,2,5-7,10-12H2,1H3,(H,25,27)(H2,22,23,24,26). The van der Waals surface area contributed by atoms with E-state index >= 15 is 0 Å². The Morgan fingerprint density at radius 2 is 1.20 bits per heavy atom. The molecule has 2 aliphatic rings. The number of pyridine rings is 2. The fourth-order valence-electron chi connectivity index (χ4n) is 7.00. The van der Waals surface area contributed by atoms with Crippen LogP contribution in [0, 0.1) is 0 Å². The zero-order valence-corrected chi connectivity index (χ0v) is 35.4. The van der Waals surface area contributed by atoms with Crippen LogP contribution in [0.3, 0.4) is 0 Å². The molecule has 16 nitrogen and oxygen atoms in total. The monoisotopic (exact) mass is 829 g/mol. The quantitative estimate of drug-likeness (QED) is 0.0565. The molecule has 1 aromatic carbocycles. The summed E-state index contributed by atoms with van der Waals surface area (Å²) < 4.78 is 0. The minimum atomic E-state index is -0.134. The number of amides is 2.